The number of hydrogen-bond acceptors (Lipinski definition) is 5. The van der Waals surface area contributed by atoms with Crippen molar-refractivity contribution in [2.75, 3.05) is 29.5 Å². The maximum atomic E-state index is 12.3. The summed E-state index contributed by atoms with van der Waals surface area (Å²) >= 11 is 4.68. The van der Waals surface area contributed by atoms with Crippen LogP contribution in [0, 0.1) is 0 Å². The highest BCUT2D eigenvalue weighted by Gasteiger charge is 2.18. The molecule has 20 heavy (non-hydrogen) atoms. The van der Waals surface area contributed by atoms with Gasteiger partial charge in [0.2, 0.25) is 0 Å². The number of carbonyl (C=O) groups is 1. The highest BCUT2D eigenvalue weighted by molar-refractivity contribution is 9.10. The largest absolute Gasteiger partial charge is 0.382 e. The number of nitrogens with one attached hydrogen (secondary N) is 1. The predicted molar refractivity (Wildman–Crippen MR) is 87.6 cm³/mol. The normalized spacial score (nSPS) is 10.3. The van der Waals surface area contributed by atoms with Crippen LogP contribution >= 0.6 is 27.3 Å². The van der Waals surface area contributed by atoms with Crippen LogP contribution in [0.1, 0.15) is 16.6 Å². The van der Waals surface area contributed by atoms with E-state index in [4.69, 9.17) is 5.73 Å². The molecule has 2 rings (SSSR count). The first-order chi connectivity index (χ1) is 9.52. The van der Waals surface area contributed by atoms with Crippen LogP contribution in [-0.2, 0) is 0 Å². The molecule has 0 saturated carbocycles. The lowest BCUT2D eigenvalue weighted by molar-refractivity contribution is 0.103. The standard InChI is InChI=1S/C13H15BrN4OS/c1-3-18(2)13-17-11(15)10(20-13)12(19)16-9-7-5-4-6-8(9)14/h4-7H,3,15H2,1-2H3,(H,16,19). The molecule has 2 aromatic rings. The fraction of sp³-hybridized carbons (Fsp3) is 0.231. The molecule has 3 N–H and O–H groups in total. The summed E-state index contributed by atoms with van der Waals surface area (Å²) in [5.41, 5.74) is 6.53. The van der Waals surface area contributed by atoms with Gasteiger partial charge in [0.1, 0.15) is 10.7 Å². The molecule has 0 bridgehead atoms. The van der Waals surface area contributed by atoms with Crippen LogP contribution in [0.3, 0.4) is 0 Å². The molecule has 0 aliphatic rings. The fourth-order valence-electron chi connectivity index (χ4n) is 1.52. The number of rotatable bonds is 4. The Labute approximate surface area is 129 Å². The summed E-state index contributed by atoms with van der Waals surface area (Å²) in [4.78, 5) is 18.8. The third-order valence-corrected chi connectivity index (χ3v) is 4.65. The van der Waals surface area contributed by atoms with Crippen molar-refractivity contribution >= 4 is 49.8 Å². The second-order valence-corrected chi connectivity index (χ2v) is 5.99. The Bertz CT molecular complexity index is 629. The molecule has 5 nitrogen and oxygen atoms in total. The van der Waals surface area contributed by atoms with Gasteiger partial charge in [0.25, 0.3) is 5.91 Å². The Morgan fingerprint density at radius 1 is 1.50 bits per heavy atom. The number of para-hydroxylation sites is 1. The summed E-state index contributed by atoms with van der Waals surface area (Å²) in [5.74, 6) is 0.0116. The third kappa shape index (κ3) is 3.10. The van der Waals surface area contributed by atoms with Crippen molar-refractivity contribution in [3.63, 3.8) is 0 Å². The molecule has 1 amide bonds. The maximum Gasteiger partial charge on any atom is 0.269 e. The van der Waals surface area contributed by atoms with Gasteiger partial charge >= 0.3 is 0 Å². The number of amides is 1. The maximum absolute atomic E-state index is 12.3. The van der Waals surface area contributed by atoms with Crippen molar-refractivity contribution < 1.29 is 4.79 Å². The number of nitrogens with two attached hydrogens (primary N) is 1. The Balaban J connectivity index is 2.22. The predicted octanol–water partition coefficient (Wildman–Crippen LogP) is 3.20. The molecular weight excluding hydrogens is 340 g/mol. The van der Waals surface area contributed by atoms with Gasteiger partial charge in [0.05, 0.1) is 5.69 Å². The van der Waals surface area contributed by atoms with Crippen LogP contribution < -0.4 is 16.0 Å². The van der Waals surface area contributed by atoms with Gasteiger partial charge in [-0.15, -0.1) is 0 Å². The number of nitrogen functional groups attached to an aromatic ring is 1. The molecule has 0 aliphatic carbocycles. The van der Waals surface area contributed by atoms with Gasteiger partial charge in [0, 0.05) is 18.1 Å². The molecule has 0 aliphatic heterocycles. The lowest BCUT2D eigenvalue weighted by atomic mass is 10.3. The zero-order chi connectivity index (χ0) is 14.7. The summed E-state index contributed by atoms with van der Waals surface area (Å²) in [6.45, 7) is 2.82. The van der Waals surface area contributed by atoms with Crippen LogP contribution in [0.25, 0.3) is 0 Å². The number of aromatic nitrogens is 1. The first kappa shape index (κ1) is 14.8. The summed E-state index contributed by atoms with van der Waals surface area (Å²) in [5, 5.41) is 3.56. The monoisotopic (exact) mass is 354 g/mol. The SMILES string of the molecule is CCN(C)c1nc(N)c(C(=O)Nc2ccccc2Br)s1. The molecule has 0 unspecified atom stereocenters. The first-order valence-electron chi connectivity index (χ1n) is 6.06. The number of thiazole rings is 1. The quantitative estimate of drug-likeness (QED) is 0.884. The number of benzene rings is 1. The smallest absolute Gasteiger partial charge is 0.269 e. The first-order valence-corrected chi connectivity index (χ1v) is 7.67. The average Bonchev–Trinajstić information content (AvgIpc) is 2.82. The Kier molecular flexibility index (Phi) is 4.61. The van der Waals surface area contributed by atoms with Crippen LogP contribution in [-0.4, -0.2) is 24.5 Å². The van der Waals surface area contributed by atoms with Crippen LogP contribution in [0.5, 0.6) is 0 Å². The van der Waals surface area contributed by atoms with Crippen LogP contribution in [0.2, 0.25) is 0 Å². The highest BCUT2D eigenvalue weighted by Crippen LogP contribution is 2.29. The van der Waals surface area contributed by atoms with Gasteiger partial charge in [-0.3, -0.25) is 4.79 Å². The molecule has 0 fully saturated rings. The minimum absolute atomic E-state index is 0.248. The van der Waals surface area contributed by atoms with Crippen molar-refractivity contribution in [2.45, 2.75) is 6.92 Å². The van der Waals surface area contributed by atoms with E-state index in [0.29, 0.717) is 10.6 Å². The average molecular weight is 355 g/mol. The van der Waals surface area contributed by atoms with E-state index in [1.807, 2.05) is 43.1 Å². The minimum atomic E-state index is -0.248. The number of anilines is 3. The third-order valence-electron chi connectivity index (χ3n) is 2.77. The van der Waals surface area contributed by atoms with Gasteiger partial charge in [-0.1, -0.05) is 23.5 Å². The summed E-state index contributed by atoms with van der Waals surface area (Å²) < 4.78 is 0.822. The molecule has 1 heterocycles. The van der Waals surface area contributed by atoms with Crippen LogP contribution in [0.15, 0.2) is 28.7 Å². The number of carbonyl (C=O) groups excluding carboxylic acids is 1. The Morgan fingerprint density at radius 3 is 2.85 bits per heavy atom. The van der Waals surface area contributed by atoms with Gasteiger partial charge in [-0.05, 0) is 35.0 Å². The van der Waals surface area contributed by atoms with Gasteiger partial charge in [-0.2, -0.15) is 0 Å². The van der Waals surface area contributed by atoms with E-state index >= 15 is 0 Å². The van der Waals surface area contributed by atoms with Crippen molar-refractivity contribution in [2.24, 2.45) is 0 Å². The van der Waals surface area contributed by atoms with Crippen molar-refractivity contribution in [1.82, 2.24) is 4.98 Å². The molecule has 0 radical (unpaired) electrons. The molecule has 0 spiro atoms. The number of halogens is 1. The molecule has 1 aromatic heterocycles. The lowest BCUT2D eigenvalue weighted by Gasteiger charge is -2.10. The topological polar surface area (TPSA) is 71.2 Å². The van der Waals surface area contributed by atoms with E-state index in [-0.39, 0.29) is 11.7 Å². The highest BCUT2D eigenvalue weighted by atomic mass is 79.9. The molecule has 7 heteroatoms. The van der Waals surface area contributed by atoms with E-state index in [2.05, 4.69) is 26.2 Å². The molecule has 1 aromatic carbocycles. The minimum Gasteiger partial charge on any atom is -0.382 e. The van der Waals surface area contributed by atoms with Crippen molar-refractivity contribution in [1.29, 1.82) is 0 Å². The van der Waals surface area contributed by atoms with E-state index < -0.39 is 0 Å². The van der Waals surface area contributed by atoms with Crippen LogP contribution in [0.4, 0.5) is 16.6 Å². The summed E-state index contributed by atoms with van der Waals surface area (Å²) in [6.07, 6.45) is 0. The summed E-state index contributed by atoms with van der Waals surface area (Å²) in [6, 6.07) is 7.42. The zero-order valence-corrected chi connectivity index (χ0v) is 13.6. The van der Waals surface area contributed by atoms with Gasteiger partial charge in [-0.25, -0.2) is 4.98 Å². The molecular formula is C13H15BrN4OS. The van der Waals surface area contributed by atoms with E-state index in [1.54, 1.807) is 0 Å². The Hall–Kier alpha value is -1.60. The molecule has 0 atom stereocenters. The molecule has 106 valence electrons. The van der Waals surface area contributed by atoms with E-state index in [1.165, 1.54) is 11.3 Å². The van der Waals surface area contributed by atoms with Gasteiger partial charge < -0.3 is 16.0 Å². The fourth-order valence-corrected chi connectivity index (χ4v) is 2.81. The lowest BCUT2D eigenvalue weighted by Crippen LogP contribution is -2.15. The van der Waals surface area contributed by atoms with Crippen molar-refractivity contribution in [3.8, 4) is 0 Å². The zero-order valence-electron chi connectivity index (χ0n) is 11.2. The van der Waals surface area contributed by atoms with E-state index in [9.17, 15) is 4.79 Å². The summed E-state index contributed by atoms with van der Waals surface area (Å²) in [7, 11) is 1.91. The van der Waals surface area contributed by atoms with Crippen molar-refractivity contribution in [3.05, 3.63) is 33.6 Å². The second kappa shape index (κ2) is 6.23. The Morgan fingerprint density at radius 2 is 2.20 bits per heavy atom. The van der Waals surface area contributed by atoms with E-state index in [0.717, 1.165) is 16.1 Å². The number of nitrogens with zero attached hydrogens (tertiary/aromatic N) is 2. The van der Waals surface area contributed by atoms with Gasteiger partial charge in [0.15, 0.2) is 5.13 Å². The second-order valence-electron chi connectivity index (χ2n) is 4.16. The number of hydrogen-bond donors (Lipinski definition) is 2. The molecule has 0 saturated heterocycles.